The summed E-state index contributed by atoms with van der Waals surface area (Å²) in [7, 11) is 0. The van der Waals surface area contributed by atoms with Crippen LogP contribution in [-0.2, 0) is 13.0 Å². The molecule has 29 heavy (non-hydrogen) atoms. The zero-order valence-electron chi connectivity index (χ0n) is 16.2. The number of aryl methyl sites for hydroxylation is 1. The van der Waals surface area contributed by atoms with Gasteiger partial charge in [-0.3, -0.25) is 4.79 Å². The second-order valence-corrected chi connectivity index (χ2v) is 7.42. The third-order valence-corrected chi connectivity index (χ3v) is 5.41. The van der Waals surface area contributed by atoms with Crippen LogP contribution in [0, 0.1) is 6.92 Å². The number of nitrogens with zero attached hydrogens (tertiary/aromatic N) is 2. The first-order chi connectivity index (χ1) is 14.1. The lowest BCUT2D eigenvalue weighted by atomic mass is 10.1. The number of amides is 1. The van der Waals surface area contributed by atoms with Crippen LogP contribution in [0.3, 0.4) is 0 Å². The Labute approximate surface area is 175 Å². The van der Waals surface area contributed by atoms with Crippen molar-refractivity contribution in [3.63, 3.8) is 0 Å². The molecular weight excluding hydrogens is 382 g/mol. The summed E-state index contributed by atoms with van der Waals surface area (Å²) >= 11 is 6.12. The van der Waals surface area contributed by atoms with Crippen molar-refractivity contribution >= 4 is 28.5 Å². The van der Waals surface area contributed by atoms with E-state index in [9.17, 15) is 4.79 Å². The van der Waals surface area contributed by atoms with Gasteiger partial charge in [0.15, 0.2) is 0 Å². The van der Waals surface area contributed by atoms with E-state index >= 15 is 0 Å². The largest absolute Gasteiger partial charge is 0.352 e. The van der Waals surface area contributed by atoms with Crippen LogP contribution in [0.4, 0.5) is 0 Å². The molecule has 1 N–H and O–H groups in total. The quantitative estimate of drug-likeness (QED) is 0.491. The summed E-state index contributed by atoms with van der Waals surface area (Å²) in [6.45, 7) is 3.36. The van der Waals surface area contributed by atoms with Crippen LogP contribution in [0.5, 0.6) is 0 Å². The molecule has 0 saturated carbocycles. The average molecular weight is 404 g/mol. The van der Waals surface area contributed by atoms with Crippen molar-refractivity contribution in [1.29, 1.82) is 0 Å². The predicted octanol–water partition coefficient (Wildman–Crippen LogP) is 5.02. The number of imidazole rings is 1. The van der Waals surface area contributed by atoms with Gasteiger partial charge >= 0.3 is 0 Å². The van der Waals surface area contributed by atoms with Crippen LogP contribution in [0.2, 0.25) is 5.02 Å². The lowest BCUT2D eigenvalue weighted by Crippen LogP contribution is -2.26. The van der Waals surface area contributed by atoms with E-state index in [1.165, 1.54) is 11.1 Å². The van der Waals surface area contributed by atoms with Gasteiger partial charge in [-0.1, -0.05) is 60.1 Å². The molecule has 1 heterocycles. The first-order valence-electron chi connectivity index (χ1n) is 9.65. The number of benzene rings is 3. The number of hydrogen-bond donors (Lipinski definition) is 1. The first-order valence-corrected chi connectivity index (χ1v) is 10.0. The number of nitrogens with one attached hydrogen (secondary N) is 1. The number of aromatic nitrogens is 2. The van der Waals surface area contributed by atoms with Gasteiger partial charge in [0.25, 0.3) is 5.91 Å². The summed E-state index contributed by atoms with van der Waals surface area (Å²) in [6.07, 6.45) is 0.636. The van der Waals surface area contributed by atoms with Crippen molar-refractivity contribution in [1.82, 2.24) is 14.9 Å². The van der Waals surface area contributed by atoms with Crippen LogP contribution in [0.15, 0.2) is 72.8 Å². The molecule has 5 heteroatoms. The third-order valence-electron chi connectivity index (χ3n) is 5.08. The number of carbonyl (C=O) groups excluding carboxylic acids is 1. The van der Waals surface area contributed by atoms with E-state index in [2.05, 4.69) is 47.1 Å². The summed E-state index contributed by atoms with van der Waals surface area (Å²) in [5, 5.41) is 3.41. The van der Waals surface area contributed by atoms with Gasteiger partial charge in [-0.05, 0) is 42.3 Å². The summed E-state index contributed by atoms with van der Waals surface area (Å²) in [4.78, 5) is 17.2. The van der Waals surface area contributed by atoms with Gasteiger partial charge in [0.1, 0.15) is 5.82 Å². The minimum atomic E-state index is -0.169. The molecule has 1 amide bonds. The van der Waals surface area contributed by atoms with Crippen LogP contribution in [-0.4, -0.2) is 22.0 Å². The zero-order valence-corrected chi connectivity index (χ0v) is 17.0. The Kier molecular flexibility index (Phi) is 5.63. The molecule has 0 atom stereocenters. The molecule has 4 aromatic rings. The normalized spacial score (nSPS) is 11.0. The summed E-state index contributed by atoms with van der Waals surface area (Å²) in [5.41, 5.74) is 5.07. The number of fused-ring (bicyclic) bond motifs is 1. The summed E-state index contributed by atoms with van der Waals surface area (Å²) < 4.78 is 2.24. The van der Waals surface area contributed by atoms with Crippen molar-refractivity contribution in [2.75, 3.05) is 6.54 Å². The fourth-order valence-electron chi connectivity index (χ4n) is 3.48. The van der Waals surface area contributed by atoms with Gasteiger partial charge in [-0.2, -0.15) is 0 Å². The van der Waals surface area contributed by atoms with E-state index in [1.54, 1.807) is 12.1 Å². The lowest BCUT2D eigenvalue weighted by Gasteiger charge is -2.12. The van der Waals surface area contributed by atoms with Crippen molar-refractivity contribution in [3.8, 4) is 0 Å². The average Bonchev–Trinajstić information content (AvgIpc) is 3.07. The molecule has 4 nitrogen and oxygen atoms in total. The highest BCUT2D eigenvalue weighted by Gasteiger charge is 2.13. The van der Waals surface area contributed by atoms with E-state index in [0.717, 1.165) is 23.4 Å². The van der Waals surface area contributed by atoms with Crippen LogP contribution >= 0.6 is 11.6 Å². The molecule has 0 aliphatic heterocycles. The topological polar surface area (TPSA) is 46.9 Å². The summed E-state index contributed by atoms with van der Waals surface area (Å²) in [6, 6.07) is 23.6. The standard InChI is InChI=1S/C24H22ClN3O/c1-17-8-2-3-9-18(17)16-28-22-13-7-6-12-21(22)27-23(28)14-15-26-24(29)19-10-4-5-11-20(19)25/h2-13H,14-16H2,1H3,(H,26,29). The Bertz CT molecular complexity index is 1170. The second-order valence-electron chi connectivity index (χ2n) is 7.02. The zero-order chi connectivity index (χ0) is 20.2. The van der Waals surface area contributed by atoms with Crippen LogP contribution in [0.1, 0.15) is 27.3 Å². The lowest BCUT2D eigenvalue weighted by molar-refractivity contribution is 0.0954. The summed E-state index contributed by atoms with van der Waals surface area (Å²) in [5.74, 6) is 0.783. The van der Waals surface area contributed by atoms with Crippen molar-refractivity contribution < 1.29 is 4.79 Å². The minimum absolute atomic E-state index is 0.169. The number of carbonyl (C=O) groups is 1. The Balaban J connectivity index is 1.55. The van der Waals surface area contributed by atoms with Gasteiger partial charge in [-0.15, -0.1) is 0 Å². The molecule has 0 unspecified atom stereocenters. The molecule has 0 radical (unpaired) electrons. The van der Waals surface area contributed by atoms with Crippen LogP contribution in [0.25, 0.3) is 11.0 Å². The molecule has 4 rings (SSSR count). The Morgan fingerprint density at radius 3 is 2.55 bits per heavy atom. The maximum absolute atomic E-state index is 12.4. The van der Waals surface area contributed by atoms with Gasteiger partial charge in [0.05, 0.1) is 21.6 Å². The third kappa shape index (κ3) is 4.17. The smallest absolute Gasteiger partial charge is 0.252 e. The van der Waals surface area contributed by atoms with Gasteiger partial charge < -0.3 is 9.88 Å². The van der Waals surface area contributed by atoms with Crippen LogP contribution < -0.4 is 5.32 Å². The molecule has 3 aromatic carbocycles. The maximum atomic E-state index is 12.4. The molecule has 0 bridgehead atoms. The molecule has 146 valence electrons. The molecule has 0 aliphatic rings. The first kappa shape index (κ1) is 19.2. The van der Waals surface area contributed by atoms with Crippen molar-refractivity contribution in [2.45, 2.75) is 19.9 Å². The number of rotatable bonds is 6. The van der Waals surface area contributed by atoms with Crippen molar-refractivity contribution in [2.24, 2.45) is 0 Å². The highest BCUT2D eigenvalue weighted by atomic mass is 35.5. The van der Waals surface area contributed by atoms with Crippen molar-refractivity contribution in [3.05, 3.63) is 100 Å². The van der Waals surface area contributed by atoms with E-state index in [-0.39, 0.29) is 5.91 Å². The monoisotopic (exact) mass is 403 g/mol. The molecule has 0 spiro atoms. The highest BCUT2D eigenvalue weighted by Crippen LogP contribution is 2.20. The fourth-order valence-corrected chi connectivity index (χ4v) is 3.70. The van der Waals surface area contributed by atoms with Gasteiger partial charge in [0.2, 0.25) is 0 Å². The molecule has 0 aliphatic carbocycles. The Hall–Kier alpha value is -3.11. The molecular formula is C24H22ClN3O. The maximum Gasteiger partial charge on any atom is 0.252 e. The second kappa shape index (κ2) is 8.50. The molecule has 0 saturated heterocycles. The van der Waals surface area contributed by atoms with Gasteiger partial charge in [0, 0.05) is 19.5 Å². The minimum Gasteiger partial charge on any atom is -0.352 e. The van der Waals surface area contributed by atoms with E-state index < -0.39 is 0 Å². The van der Waals surface area contributed by atoms with E-state index in [1.807, 2.05) is 30.3 Å². The number of halogens is 1. The SMILES string of the molecule is Cc1ccccc1Cn1c(CCNC(=O)c2ccccc2Cl)nc2ccccc21. The molecule has 0 fully saturated rings. The van der Waals surface area contributed by atoms with E-state index in [0.29, 0.717) is 23.6 Å². The van der Waals surface area contributed by atoms with E-state index in [4.69, 9.17) is 16.6 Å². The fraction of sp³-hybridized carbons (Fsp3) is 0.167. The predicted molar refractivity (Wildman–Crippen MR) is 118 cm³/mol. The Morgan fingerprint density at radius 1 is 1.00 bits per heavy atom. The Morgan fingerprint density at radius 2 is 1.72 bits per heavy atom. The van der Waals surface area contributed by atoms with Gasteiger partial charge in [-0.25, -0.2) is 4.98 Å². The molecule has 1 aromatic heterocycles. The number of hydrogen-bond acceptors (Lipinski definition) is 2. The highest BCUT2D eigenvalue weighted by molar-refractivity contribution is 6.33. The number of para-hydroxylation sites is 2.